The maximum absolute atomic E-state index is 13.0. The number of carboxylic acid groups (broad SMARTS) is 1. The van der Waals surface area contributed by atoms with Crippen molar-refractivity contribution in [3.8, 4) is 11.5 Å². The highest BCUT2D eigenvalue weighted by Crippen LogP contribution is 2.45. The van der Waals surface area contributed by atoms with Crippen molar-refractivity contribution in [1.29, 1.82) is 0 Å². The Bertz CT molecular complexity index is 842. The van der Waals surface area contributed by atoms with E-state index in [9.17, 15) is 19.5 Å². The maximum Gasteiger partial charge on any atom is 0.513 e. The minimum Gasteiger partial charge on any atom is -0.480 e. The summed E-state index contributed by atoms with van der Waals surface area (Å²) < 4.78 is 24.6. The minimum absolute atomic E-state index is 0.0227. The normalized spacial score (nSPS) is 14.1. The van der Waals surface area contributed by atoms with Gasteiger partial charge in [0.2, 0.25) is 0 Å². The average Bonchev–Trinajstić information content (AvgIpc) is 2.57. The highest BCUT2D eigenvalue weighted by Gasteiger charge is 2.33. The molecule has 2 atom stereocenters. The highest BCUT2D eigenvalue weighted by atomic mass is 127. The van der Waals surface area contributed by atoms with E-state index >= 15 is 0 Å². The molecule has 2 rings (SSSR count). The lowest BCUT2D eigenvalue weighted by molar-refractivity contribution is -0.384. The molecule has 0 spiro atoms. The zero-order valence-electron chi connectivity index (χ0n) is 13.4. The first-order chi connectivity index (χ1) is 12.2. The summed E-state index contributed by atoms with van der Waals surface area (Å²) in [6.07, 6.45) is 0. The van der Waals surface area contributed by atoms with Crippen molar-refractivity contribution in [1.82, 2.24) is 5.09 Å². The molecule has 0 saturated carbocycles. The van der Waals surface area contributed by atoms with Crippen molar-refractivity contribution in [3.63, 3.8) is 0 Å². The van der Waals surface area contributed by atoms with Crippen LogP contribution in [0, 0.1) is 13.7 Å². The van der Waals surface area contributed by atoms with E-state index in [0.717, 1.165) is 3.57 Å². The Kier molecular flexibility index (Phi) is 6.57. The fourth-order valence-corrected chi connectivity index (χ4v) is 3.65. The molecule has 2 aromatic carbocycles. The number of carbonyl (C=O) groups is 1. The molecule has 0 aromatic heterocycles. The topological polar surface area (TPSA) is 128 Å². The number of benzene rings is 2. The van der Waals surface area contributed by atoms with Crippen LogP contribution in [0.4, 0.5) is 5.69 Å². The first kappa shape index (κ1) is 20.1. The minimum atomic E-state index is -4.13. The zero-order chi connectivity index (χ0) is 19.3. The van der Waals surface area contributed by atoms with Crippen LogP contribution >= 0.6 is 30.3 Å². The van der Waals surface area contributed by atoms with Crippen LogP contribution in [0.5, 0.6) is 11.5 Å². The summed E-state index contributed by atoms with van der Waals surface area (Å²) in [5, 5.41) is 22.1. The van der Waals surface area contributed by atoms with Crippen molar-refractivity contribution in [3.05, 3.63) is 62.2 Å². The first-order valence-corrected chi connectivity index (χ1v) is 9.80. The van der Waals surface area contributed by atoms with Gasteiger partial charge in [-0.25, -0.2) is 4.57 Å². The van der Waals surface area contributed by atoms with E-state index in [2.05, 4.69) is 27.7 Å². The van der Waals surface area contributed by atoms with Crippen molar-refractivity contribution in [2.45, 2.75) is 13.0 Å². The number of hydrogen-bond acceptors (Lipinski definition) is 6. The van der Waals surface area contributed by atoms with Crippen LogP contribution < -0.4 is 14.1 Å². The Hall–Kier alpha value is -2.17. The lowest BCUT2D eigenvalue weighted by Gasteiger charge is -2.22. The van der Waals surface area contributed by atoms with E-state index in [0.29, 0.717) is 0 Å². The molecule has 9 nitrogen and oxygen atoms in total. The third kappa shape index (κ3) is 5.68. The molecule has 0 radical (unpaired) electrons. The fraction of sp³-hybridized carbons (Fsp3) is 0.133. The lowest BCUT2D eigenvalue weighted by Crippen LogP contribution is -2.34. The summed E-state index contributed by atoms with van der Waals surface area (Å²) in [4.78, 5) is 21.2. The lowest BCUT2D eigenvalue weighted by atomic mass is 10.3. The van der Waals surface area contributed by atoms with Gasteiger partial charge in [0.25, 0.3) is 5.69 Å². The number of nitro benzene ring substituents is 1. The second kappa shape index (κ2) is 8.47. The smallest absolute Gasteiger partial charge is 0.480 e. The predicted octanol–water partition coefficient (Wildman–Crippen LogP) is 3.83. The van der Waals surface area contributed by atoms with Crippen molar-refractivity contribution in [2.75, 3.05) is 0 Å². The summed E-state index contributed by atoms with van der Waals surface area (Å²) in [5.74, 6) is -1.01. The van der Waals surface area contributed by atoms with Gasteiger partial charge in [0, 0.05) is 15.7 Å². The zero-order valence-corrected chi connectivity index (χ0v) is 16.4. The van der Waals surface area contributed by atoms with E-state index in [4.69, 9.17) is 14.2 Å². The second-order valence-electron chi connectivity index (χ2n) is 5.07. The van der Waals surface area contributed by atoms with Gasteiger partial charge in [-0.1, -0.05) is 0 Å². The molecule has 26 heavy (non-hydrogen) atoms. The number of nitrogens with zero attached hydrogens (tertiary/aromatic N) is 1. The molecule has 0 fully saturated rings. The molecule has 0 heterocycles. The summed E-state index contributed by atoms with van der Waals surface area (Å²) in [5.41, 5.74) is -0.169. The molecule has 2 aromatic rings. The highest BCUT2D eigenvalue weighted by molar-refractivity contribution is 14.1. The molecule has 0 saturated heterocycles. The Morgan fingerprint density at radius 3 is 2.04 bits per heavy atom. The molecular weight excluding hydrogens is 478 g/mol. The number of hydrogen-bond donors (Lipinski definition) is 2. The second-order valence-corrected chi connectivity index (χ2v) is 7.94. The third-order valence-electron chi connectivity index (χ3n) is 3.03. The van der Waals surface area contributed by atoms with Crippen LogP contribution in [0.3, 0.4) is 0 Å². The Labute approximate surface area is 162 Å². The molecule has 0 amide bonds. The molecule has 1 unspecified atom stereocenters. The van der Waals surface area contributed by atoms with Crippen molar-refractivity contribution < 1.29 is 28.4 Å². The number of non-ortho nitro benzene ring substituents is 1. The van der Waals surface area contributed by atoms with E-state index in [1.807, 2.05) is 0 Å². The average molecular weight is 492 g/mol. The molecule has 0 bridgehead atoms. The van der Waals surface area contributed by atoms with Crippen LogP contribution in [0.2, 0.25) is 0 Å². The summed E-state index contributed by atoms with van der Waals surface area (Å²) >= 11 is 2.08. The molecule has 2 N–H and O–H groups in total. The molecule has 0 aliphatic heterocycles. The van der Waals surface area contributed by atoms with Gasteiger partial charge in [-0.3, -0.25) is 14.9 Å². The largest absolute Gasteiger partial charge is 0.513 e. The SMILES string of the molecule is C[C@H](NP(=O)(Oc1ccc(I)cc1)Oc1ccc([N+](=O)[O-])cc1)C(=O)O. The number of halogens is 1. The summed E-state index contributed by atoms with van der Waals surface area (Å²) in [7, 11) is -4.13. The van der Waals surface area contributed by atoms with Crippen LogP contribution in [0.15, 0.2) is 48.5 Å². The standard InChI is InChI=1S/C15H14IN2O7P/c1-10(15(19)20)17-26(23,24-13-6-2-11(16)3-7-13)25-14-8-4-12(5-9-14)18(21)22/h2-10H,1H3,(H,17,23)(H,19,20)/t10-,26?/m0/s1. The third-order valence-corrected chi connectivity index (χ3v) is 5.36. The summed E-state index contributed by atoms with van der Waals surface area (Å²) in [6, 6.07) is 10.2. The van der Waals surface area contributed by atoms with Crippen LogP contribution in [-0.4, -0.2) is 22.0 Å². The molecule has 0 aliphatic rings. The first-order valence-electron chi connectivity index (χ1n) is 7.18. The van der Waals surface area contributed by atoms with E-state index < -0.39 is 24.7 Å². The van der Waals surface area contributed by atoms with Crippen molar-refractivity contribution >= 4 is 42.0 Å². The monoisotopic (exact) mass is 492 g/mol. The molecule has 138 valence electrons. The Morgan fingerprint density at radius 2 is 1.62 bits per heavy atom. The van der Waals surface area contributed by atoms with Gasteiger partial charge >= 0.3 is 13.7 Å². The Morgan fingerprint density at radius 1 is 1.15 bits per heavy atom. The van der Waals surface area contributed by atoms with Gasteiger partial charge in [-0.05, 0) is 65.9 Å². The predicted molar refractivity (Wildman–Crippen MR) is 101 cm³/mol. The van der Waals surface area contributed by atoms with E-state index in [1.54, 1.807) is 24.3 Å². The molecule has 11 heteroatoms. The fourth-order valence-electron chi connectivity index (χ4n) is 1.77. The van der Waals surface area contributed by atoms with Gasteiger partial charge in [-0.2, -0.15) is 5.09 Å². The van der Waals surface area contributed by atoms with Gasteiger partial charge in [0.1, 0.15) is 17.5 Å². The maximum atomic E-state index is 13.0. The van der Waals surface area contributed by atoms with Crippen LogP contribution in [-0.2, 0) is 9.36 Å². The van der Waals surface area contributed by atoms with Gasteiger partial charge < -0.3 is 14.2 Å². The number of aliphatic carboxylic acids is 1. The van der Waals surface area contributed by atoms with Crippen LogP contribution in [0.25, 0.3) is 0 Å². The van der Waals surface area contributed by atoms with Gasteiger partial charge in [0.15, 0.2) is 0 Å². The van der Waals surface area contributed by atoms with Crippen molar-refractivity contribution in [2.24, 2.45) is 0 Å². The molecular formula is C15H14IN2O7P. The van der Waals surface area contributed by atoms with Gasteiger partial charge in [-0.15, -0.1) is 0 Å². The molecule has 0 aliphatic carbocycles. The quantitative estimate of drug-likeness (QED) is 0.246. The van der Waals surface area contributed by atoms with Crippen LogP contribution in [0.1, 0.15) is 6.92 Å². The Balaban J connectivity index is 2.26. The number of carboxylic acids is 1. The van der Waals surface area contributed by atoms with E-state index in [1.165, 1.54) is 31.2 Å². The van der Waals surface area contributed by atoms with E-state index in [-0.39, 0.29) is 17.2 Å². The number of rotatable bonds is 8. The number of nitrogens with one attached hydrogen (secondary N) is 1. The summed E-state index contributed by atoms with van der Waals surface area (Å²) in [6.45, 7) is 1.28. The van der Waals surface area contributed by atoms with Gasteiger partial charge in [0.05, 0.1) is 4.92 Å². The number of nitro groups is 1.